The molecule has 3 N–H and O–H groups in total. The minimum Gasteiger partial charge on any atom is -0.353 e. The van der Waals surface area contributed by atoms with Gasteiger partial charge in [0, 0.05) is 18.5 Å². The van der Waals surface area contributed by atoms with Crippen LogP contribution in [0.25, 0.3) is 0 Å². The Morgan fingerprint density at radius 1 is 1.28 bits per heavy atom. The van der Waals surface area contributed by atoms with Crippen LogP contribution in [0.4, 0.5) is 0 Å². The largest absolute Gasteiger partial charge is 0.353 e. The fraction of sp³-hybridized carbons (Fsp3) is 0.933. The van der Waals surface area contributed by atoms with E-state index in [0.717, 1.165) is 0 Å². The molecule has 1 rings (SSSR count). The summed E-state index contributed by atoms with van der Waals surface area (Å²) in [7, 11) is 0. The van der Waals surface area contributed by atoms with Gasteiger partial charge in [-0.15, -0.1) is 0 Å². The van der Waals surface area contributed by atoms with Crippen molar-refractivity contribution in [3.63, 3.8) is 0 Å². The molecule has 1 unspecified atom stereocenters. The lowest BCUT2D eigenvalue weighted by Gasteiger charge is -2.30. The molecule has 1 saturated carbocycles. The third kappa shape index (κ3) is 4.97. The van der Waals surface area contributed by atoms with Crippen LogP contribution in [0, 0.1) is 11.3 Å². The quantitative estimate of drug-likeness (QED) is 0.810. The Morgan fingerprint density at radius 3 is 2.33 bits per heavy atom. The molecule has 3 heteroatoms. The van der Waals surface area contributed by atoms with Gasteiger partial charge in [-0.1, -0.05) is 40.0 Å². The highest BCUT2D eigenvalue weighted by molar-refractivity contribution is 5.77. The van der Waals surface area contributed by atoms with Gasteiger partial charge in [0.2, 0.25) is 5.91 Å². The zero-order valence-corrected chi connectivity index (χ0v) is 12.5. The maximum atomic E-state index is 12.0. The molecule has 1 fully saturated rings. The Balaban J connectivity index is 2.35. The summed E-state index contributed by atoms with van der Waals surface area (Å²) in [6.45, 7) is 8.37. The van der Waals surface area contributed by atoms with Gasteiger partial charge < -0.3 is 11.1 Å². The summed E-state index contributed by atoms with van der Waals surface area (Å²) < 4.78 is 0. The van der Waals surface area contributed by atoms with E-state index in [-0.39, 0.29) is 17.4 Å². The lowest BCUT2D eigenvalue weighted by molar-refractivity contribution is -0.123. The fourth-order valence-electron chi connectivity index (χ4n) is 2.57. The van der Waals surface area contributed by atoms with E-state index in [1.165, 1.54) is 32.1 Å². The highest BCUT2D eigenvalue weighted by Crippen LogP contribution is 2.26. The number of hydrogen-bond acceptors (Lipinski definition) is 2. The zero-order valence-electron chi connectivity index (χ0n) is 12.5. The standard InChI is InChI=1S/C15H30N2O/c1-11(12-8-6-5-7-9-12)17-14(18)10-13(16)15(2,3)4/h11-13H,5-10,16H2,1-4H3,(H,17,18)/t11-,13?/m1/s1. The van der Waals surface area contributed by atoms with E-state index < -0.39 is 0 Å². The SMILES string of the molecule is C[C@@H](NC(=O)CC(N)C(C)(C)C)C1CCCCC1. The van der Waals surface area contributed by atoms with Crippen molar-refractivity contribution in [2.75, 3.05) is 0 Å². The number of nitrogens with two attached hydrogens (primary N) is 1. The lowest BCUT2D eigenvalue weighted by Crippen LogP contribution is -2.44. The van der Waals surface area contributed by atoms with E-state index >= 15 is 0 Å². The molecule has 3 nitrogen and oxygen atoms in total. The first kappa shape index (κ1) is 15.5. The monoisotopic (exact) mass is 254 g/mol. The van der Waals surface area contributed by atoms with E-state index in [0.29, 0.717) is 18.4 Å². The third-order valence-corrected chi connectivity index (χ3v) is 4.26. The number of amides is 1. The zero-order chi connectivity index (χ0) is 13.8. The van der Waals surface area contributed by atoms with Crippen LogP contribution in [0.2, 0.25) is 0 Å². The number of hydrogen-bond donors (Lipinski definition) is 2. The van der Waals surface area contributed by atoms with Crippen molar-refractivity contribution in [3.05, 3.63) is 0 Å². The van der Waals surface area contributed by atoms with E-state index in [4.69, 9.17) is 5.73 Å². The van der Waals surface area contributed by atoms with Gasteiger partial charge in [0.05, 0.1) is 0 Å². The molecule has 18 heavy (non-hydrogen) atoms. The van der Waals surface area contributed by atoms with Gasteiger partial charge in [0.25, 0.3) is 0 Å². The molecular weight excluding hydrogens is 224 g/mol. The average molecular weight is 254 g/mol. The maximum absolute atomic E-state index is 12.0. The van der Waals surface area contributed by atoms with Crippen LogP contribution in [-0.4, -0.2) is 18.0 Å². The van der Waals surface area contributed by atoms with Crippen molar-refractivity contribution >= 4 is 5.91 Å². The maximum Gasteiger partial charge on any atom is 0.221 e. The van der Waals surface area contributed by atoms with Crippen LogP contribution in [-0.2, 0) is 4.79 Å². The Hall–Kier alpha value is -0.570. The summed E-state index contributed by atoms with van der Waals surface area (Å²) in [5.41, 5.74) is 6.04. The molecule has 106 valence electrons. The van der Waals surface area contributed by atoms with Crippen LogP contribution in [0.1, 0.15) is 66.2 Å². The topological polar surface area (TPSA) is 55.1 Å². The number of nitrogens with one attached hydrogen (secondary N) is 1. The Labute approximate surface area is 112 Å². The molecule has 0 aromatic heterocycles. The second kappa shape index (κ2) is 6.55. The minimum absolute atomic E-state index is 0.00852. The number of carbonyl (C=O) groups excluding carboxylic acids is 1. The Kier molecular flexibility index (Phi) is 5.64. The molecule has 0 aliphatic heterocycles. The van der Waals surface area contributed by atoms with Crippen molar-refractivity contribution in [1.82, 2.24) is 5.32 Å². The van der Waals surface area contributed by atoms with Crippen molar-refractivity contribution < 1.29 is 4.79 Å². The lowest BCUT2D eigenvalue weighted by atomic mass is 9.83. The fourth-order valence-corrected chi connectivity index (χ4v) is 2.57. The smallest absolute Gasteiger partial charge is 0.221 e. The van der Waals surface area contributed by atoms with E-state index in [1.54, 1.807) is 0 Å². The summed E-state index contributed by atoms with van der Waals surface area (Å²) in [5, 5.41) is 3.13. The van der Waals surface area contributed by atoms with Crippen LogP contribution in [0.5, 0.6) is 0 Å². The van der Waals surface area contributed by atoms with Gasteiger partial charge in [-0.25, -0.2) is 0 Å². The van der Waals surface area contributed by atoms with Crippen molar-refractivity contribution in [2.24, 2.45) is 17.1 Å². The first-order valence-corrected chi connectivity index (χ1v) is 7.35. The molecule has 0 aromatic carbocycles. The minimum atomic E-state index is -0.0731. The first-order valence-electron chi connectivity index (χ1n) is 7.35. The van der Waals surface area contributed by atoms with Crippen molar-refractivity contribution in [3.8, 4) is 0 Å². The Bertz CT molecular complexity index is 264. The predicted molar refractivity (Wildman–Crippen MR) is 76.2 cm³/mol. The molecule has 1 aliphatic rings. The molecule has 0 saturated heterocycles. The molecule has 0 spiro atoms. The summed E-state index contributed by atoms with van der Waals surface area (Å²) in [6, 6.07) is 0.223. The molecule has 1 aliphatic carbocycles. The van der Waals surface area contributed by atoms with Gasteiger partial charge in [-0.05, 0) is 31.1 Å². The summed E-state index contributed by atoms with van der Waals surface area (Å²) >= 11 is 0. The highest BCUT2D eigenvalue weighted by atomic mass is 16.1. The van der Waals surface area contributed by atoms with E-state index in [9.17, 15) is 4.79 Å². The highest BCUT2D eigenvalue weighted by Gasteiger charge is 2.25. The molecule has 0 heterocycles. The van der Waals surface area contributed by atoms with Gasteiger partial charge in [-0.3, -0.25) is 4.79 Å². The predicted octanol–water partition coefficient (Wildman–Crippen LogP) is 2.83. The van der Waals surface area contributed by atoms with Gasteiger partial charge in [0.1, 0.15) is 0 Å². The van der Waals surface area contributed by atoms with Crippen LogP contribution in [0.15, 0.2) is 0 Å². The van der Waals surface area contributed by atoms with Gasteiger partial charge >= 0.3 is 0 Å². The van der Waals surface area contributed by atoms with Crippen molar-refractivity contribution in [2.45, 2.75) is 78.3 Å². The van der Waals surface area contributed by atoms with Crippen LogP contribution < -0.4 is 11.1 Å². The van der Waals surface area contributed by atoms with E-state index in [2.05, 4.69) is 33.0 Å². The first-order chi connectivity index (χ1) is 8.30. The average Bonchev–Trinajstić information content (AvgIpc) is 2.28. The molecule has 2 atom stereocenters. The molecular formula is C15H30N2O. The summed E-state index contributed by atoms with van der Waals surface area (Å²) in [6.07, 6.45) is 6.92. The Morgan fingerprint density at radius 2 is 1.83 bits per heavy atom. The molecule has 0 bridgehead atoms. The van der Waals surface area contributed by atoms with Crippen LogP contribution >= 0.6 is 0 Å². The summed E-state index contributed by atoms with van der Waals surface area (Å²) in [5.74, 6) is 0.768. The summed E-state index contributed by atoms with van der Waals surface area (Å²) in [4.78, 5) is 12.0. The van der Waals surface area contributed by atoms with Crippen LogP contribution in [0.3, 0.4) is 0 Å². The number of rotatable bonds is 4. The van der Waals surface area contributed by atoms with E-state index in [1.807, 2.05) is 0 Å². The van der Waals surface area contributed by atoms with Gasteiger partial charge in [0.15, 0.2) is 0 Å². The second-order valence-electron chi connectivity index (χ2n) is 6.93. The van der Waals surface area contributed by atoms with Crippen molar-refractivity contribution in [1.29, 1.82) is 0 Å². The molecule has 0 aromatic rings. The molecule has 0 radical (unpaired) electrons. The third-order valence-electron chi connectivity index (χ3n) is 4.26. The second-order valence-corrected chi connectivity index (χ2v) is 6.93. The molecule has 1 amide bonds. The van der Waals surface area contributed by atoms with Gasteiger partial charge in [-0.2, -0.15) is 0 Å². The number of carbonyl (C=O) groups is 1. The normalized spacial score (nSPS) is 21.4.